The van der Waals surface area contributed by atoms with E-state index in [2.05, 4.69) is 20.5 Å². The second-order valence-electron chi connectivity index (χ2n) is 4.47. The van der Waals surface area contributed by atoms with E-state index in [0.717, 1.165) is 11.3 Å². The molecule has 2 aromatic heterocycles. The first kappa shape index (κ1) is 14.6. The number of nitriles is 1. The molecule has 0 spiro atoms. The number of thiazole rings is 1. The molecular weight excluding hydrogens is 316 g/mol. The maximum atomic E-state index is 12.1. The summed E-state index contributed by atoms with van der Waals surface area (Å²) in [5, 5.41) is 23.7. The number of aromatic amines is 1. The Balaban J connectivity index is 2.00. The van der Waals surface area contributed by atoms with Gasteiger partial charge in [0.1, 0.15) is 22.3 Å². The van der Waals surface area contributed by atoms with Crippen LogP contribution in [-0.4, -0.2) is 20.9 Å². The molecule has 2 heterocycles. The van der Waals surface area contributed by atoms with Gasteiger partial charge in [0.15, 0.2) is 5.84 Å². The summed E-state index contributed by atoms with van der Waals surface area (Å²) in [4.78, 5) is 19.1. The molecule has 8 nitrogen and oxygen atoms in total. The summed E-state index contributed by atoms with van der Waals surface area (Å²) in [6.45, 7) is 0. The molecular formula is C14H10N6O2S. The summed E-state index contributed by atoms with van der Waals surface area (Å²) < 4.78 is 0. The lowest BCUT2D eigenvalue weighted by Gasteiger charge is -2.06. The number of para-hydroxylation sites is 1. The van der Waals surface area contributed by atoms with Crippen LogP contribution in [0, 0.1) is 11.3 Å². The van der Waals surface area contributed by atoms with E-state index in [1.54, 1.807) is 24.3 Å². The standard InChI is InChI=1S/C14H10N6O2S/c15-5-7-6-17-14(23-7)20-19-12(16)10-11(21)8-3-1-2-4-9(8)18-13(10)22/h1-4,6H,(H2,16,19)(H,17,20)(H2,18,21,22). The number of nitrogens with two attached hydrogens (primary N) is 1. The number of nitrogens with one attached hydrogen (secondary N) is 2. The minimum absolute atomic E-state index is 0.131. The molecule has 0 aliphatic carbocycles. The molecule has 0 aliphatic rings. The molecule has 114 valence electrons. The van der Waals surface area contributed by atoms with Crippen LogP contribution < -0.4 is 16.7 Å². The fourth-order valence-corrected chi connectivity index (χ4v) is 2.56. The normalized spacial score (nSPS) is 11.3. The molecule has 0 aliphatic heterocycles. The van der Waals surface area contributed by atoms with Crippen molar-refractivity contribution in [3.63, 3.8) is 0 Å². The first-order valence-corrected chi connectivity index (χ1v) is 7.21. The van der Waals surface area contributed by atoms with Crippen LogP contribution in [0.4, 0.5) is 5.13 Å². The summed E-state index contributed by atoms with van der Waals surface area (Å²) in [5.41, 5.74) is 8.16. The molecule has 9 heteroatoms. The van der Waals surface area contributed by atoms with Gasteiger partial charge in [-0.1, -0.05) is 23.5 Å². The largest absolute Gasteiger partial charge is 0.506 e. The minimum Gasteiger partial charge on any atom is -0.506 e. The smallest absolute Gasteiger partial charge is 0.263 e. The number of benzene rings is 1. The van der Waals surface area contributed by atoms with Crippen molar-refractivity contribution in [2.45, 2.75) is 0 Å². The van der Waals surface area contributed by atoms with E-state index in [0.29, 0.717) is 20.9 Å². The van der Waals surface area contributed by atoms with Gasteiger partial charge in [0.25, 0.3) is 5.56 Å². The number of hydrogen-bond acceptors (Lipinski definition) is 7. The SMILES string of the molecule is N#Cc1cnc(N/N=C(\N)c2c(O)c3ccccc3[nH]c2=O)s1. The van der Waals surface area contributed by atoms with Gasteiger partial charge in [-0.25, -0.2) is 4.98 Å². The fraction of sp³-hybridized carbons (Fsp3) is 0. The molecule has 23 heavy (non-hydrogen) atoms. The summed E-state index contributed by atoms with van der Waals surface area (Å²) in [5.74, 6) is -0.438. The molecule has 0 saturated heterocycles. The van der Waals surface area contributed by atoms with E-state index >= 15 is 0 Å². The molecule has 0 bridgehead atoms. The average Bonchev–Trinajstić information content (AvgIpc) is 3.01. The molecule has 0 amide bonds. The Hall–Kier alpha value is -3.38. The maximum Gasteiger partial charge on any atom is 0.263 e. The first-order valence-electron chi connectivity index (χ1n) is 6.39. The van der Waals surface area contributed by atoms with E-state index < -0.39 is 5.56 Å². The van der Waals surface area contributed by atoms with Crippen molar-refractivity contribution in [2.24, 2.45) is 10.8 Å². The summed E-state index contributed by atoms with van der Waals surface area (Å²) in [6.07, 6.45) is 1.39. The summed E-state index contributed by atoms with van der Waals surface area (Å²) in [7, 11) is 0. The summed E-state index contributed by atoms with van der Waals surface area (Å²) in [6, 6.07) is 8.75. The topological polar surface area (TPSA) is 140 Å². The van der Waals surface area contributed by atoms with Crippen molar-refractivity contribution in [3.8, 4) is 11.8 Å². The van der Waals surface area contributed by atoms with E-state index in [-0.39, 0.29) is 17.1 Å². The minimum atomic E-state index is -0.555. The Morgan fingerprint density at radius 2 is 2.26 bits per heavy atom. The maximum absolute atomic E-state index is 12.1. The highest BCUT2D eigenvalue weighted by Crippen LogP contribution is 2.24. The average molecular weight is 326 g/mol. The van der Waals surface area contributed by atoms with Crippen molar-refractivity contribution in [3.05, 3.63) is 51.3 Å². The number of fused-ring (bicyclic) bond motifs is 1. The lowest BCUT2D eigenvalue weighted by molar-refractivity contribution is 0.479. The molecule has 0 radical (unpaired) electrons. The second-order valence-corrected chi connectivity index (χ2v) is 5.50. The monoisotopic (exact) mass is 326 g/mol. The number of rotatable bonds is 3. The van der Waals surface area contributed by atoms with Gasteiger partial charge in [-0.3, -0.25) is 10.2 Å². The van der Waals surface area contributed by atoms with E-state index in [1.807, 2.05) is 6.07 Å². The van der Waals surface area contributed by atoms with Crippen LogP contribution in [0.1, 0.15) is 10.4 Å². The zero-order valence-electron chi connectivity index (χ0n) is 11.6. The number of pyridine rings is 1. The second kappa shape index (κ2) is 5.78. The first-order chi connectivity index (χ1) is 11.1. The van der Waals surface area contributed by atoms with Crippen LogP contribution in [0.5, 0.6) is 5.75 Å². The van der Waals surface area contributed by atoms with Crippen molar-refractivity contribution < 1.29 is 5.11 Å². The van der Waals surface area contributed by atoms with Crippen LogP contribution >= 0.6 is 11.3 Å². The Labute approximate surface area is 133 Å². The zero-order valence-corrected chi connectivity index (χ0v) is 12.4. The number of H-pyrrole nitrogens is 1. The number of amidine groups is 1. The number of aromatic hydroxyl groups is 1. The highest BCUT2D eigenvalue weighted by atomic mass is 32.1. The van der Waals surface area contributed by atoms with Gasteiger partial charge in [-0.2, -0.15) is 10.4 Å². The Morgan fingerprint density at radius 3 is 3.00 bits per heavy atom. The predicted octanol–water partition coefficient (Wildman–Crippen LogP) is 1.29. The van der Waals surface area contributed by atoms with Crippen LogP contribution in [0.3, 0.4) is 0 Å². The highest BCUT2D eigenvalue weighted by molar-refractivity contribution is 7.16. The van der Waals surface area contributed by atoms with Gasteiger partial charge >= 0.3 is 0 Å². The predicted molar refractivity (Wildman–Crippen MR) is 87.4 cm³/mol. The van der Waals surface area contributed by atoms with E-state index in [4.69, 9.17) is 11.0 Å². The van der Waals surface area contributed by atoms with Crippen molar-refractivity contribution >= 4 is 33.2 Å². The van der Waals surface area contributed by atoms with Gasteiger partial charge < -0.3 is 15.8 Å². The Bertz CT molecular complexity index is 1010. The van der Waals surface area contributed by atoms with E-state index in [9.17, 15) is 9.90 Å². The van der Waals surface area contributed by atoms with Crippen molar-refractivity contribution in [1.82, 2.24) is 9.97 Å². The molecule has 5 N–H and O–H groups in total. The summed E-state index contributed by atoms with van der Waals surface area (Å²) >= 11 is 1.09. The van der Waals surface area contributed by atoms with Crippen LogP contribution in [-0.2, 0) is 0 Å². The zero-order chi connectivity index (χ0) is 16.4. The van der Waals surface area contributed by atoms with Crippen LogP contribution in [0.25, 0.3) is 10.9 Å². The molecule has 0 saturated carbocycles. The molecule has 1 aromatic carbocycles. The Morgan fingerprint density at radius 1 is 1.48 bits per heavy atom. The molecule has 0 fully saturated rings. The third-order valence-corrected chi connectivity index (χ3v) is 3.84. The van der Waals surface area contributed by atoms with Gasteiger partial charge in [0.2, 0.25) is 5.13 Å². The lowest BCUT2D eigenvalue weighted by atomic mass is 10.1. The van der Waals surface area contributed by atoms with E-state index in [1.165, 1.54) is 6.20 Å². The van der Waals surface area contributed by atoms with Gasteiger partial charge in [0, 0.05) is 5.39 Å². The molecule has 0 atom stereocenters. The number of anilines is 1. The molecule has 3 aromatic rings. The van der Waals surface area contributed by atoms with Crippen molar-refractivity contribution in [1.29, 1.82) is 5.26 Å². The van der Waals surface area contributed by atoms with Gasteiger partial charge in [0.05, 0.1) is 11.7 Å². The number of hydrogen-bond donors (Lipinski definition) is 4. The quantitative estimate of drug-likeness (QED) is 0.325. The lowest BCUT2D eigenvalue weighted by Crippen LogP contribution is -2.25. The third kappa shape index (κ3) is 2.70. The van der Waals surface area contributed by atoms with Gasteiger partial charge in [-0.05, 0) is 12.1 Å². The number of aromatic nitrogens is 2. The highest BCUT2D eigenvalue weighted by Gasteiger charge is 2.15. The molecule has 0 unspecified atom stereocenters. The van der Waals surface area contributed by atoms with Crippen LogP contribution in [0.2, 0.25) is 0 Å². The van der Waals surface area contributed by atoms with Crippen LogP contribution in [0.15, 0.2) is 40.4 Å². The number of nitrogens with zero attached hydrogens (tertiary/aromatic N) is 3. The van der Waals surface area contributed by atoms with Crippen molar-refractivity contribution in [2.75, 3.05) is 5.43 Å². The number of hydrazone groups is 1. The fourth-order valence-electron chi connectivity index (χ4n) is 2.00. The molecule has 3 rings (SSSR count). The van der Waals surface area contributed by atoms with Gasteiger partial charge in [-0.15, -0.1) is 0 Å². The third-order valence-electron chi connectivity index (χ3n) is 3.04. The Kier molecular flexibility index (Phi) is 3.66.